The van der Waals surface area contributed by atoms with Gasteiger partial charge < -0.3 is 10.1 Å². The topological polar surface area (TPSA) is 73.2 Å². The molecule has 1 fully saturated rings. The van der Waals surface area contributed by atoms with Crippen LogP contribution in [0, 0.1) is 0 Å². The number of carbonyl (C=O) groups excluding carboxylic acids is 1. The van der Waals surface area contributed by atoms with Gasteiger partial charge in [-0.05, 0) is 37.1 Å². The first-order valence-electron chi connectivity index (χ1n) is 8.48. The predicted octanol–water partition coefficient (Wildman–Crippen LogP) is 2.33. The number of benzene rings is 1. The second-order valence-electron chi connectivity index (χ2n) is 6.25. The molecule has 0 radical (unpaired) electrons. The van der Waals surface area contributed by atoms with Crippen LogP contribution in [0.1, 0.15) is 30.0 Å². The summed E-state index contributed by atoms with van der Waals surface area (Å²) in [5.74, 6) is 0.0000526. The Morgan fingerprint density at radius 3 is 2.74 bits per heavy atom. The molecule has 0 bridgehead atoms. The number of hydrogen-bond donors (Lipinski definition) is 1. The normalized spacial score (nSPS) is 14.0. The number of nitrogens with zero attached hydrogens (tertiary/aromatic N) is 2. The lowest BCUT2D eigenvalue weighted by atomic mass is 10.2. The zero-order valence-electron chi connectivity index (χ0n) is 14.3. The van der Waals surface area contributed by atoms with Crippen molar-refractivity contribution < 1.29 is 22.7 Å². The van der Waals surface area contributed by atoms with Crippen LogP contribution in [-0.4, -0.2) is 28.8 Å². The molecule has 1 saturated carbocycles. The summed E-state index contributed by atoms with van der Waals surface area (Å²) in [5, 5.41) is 6.74. The first-order chi connectivity index (χ1) is 12.8. The molecule has 1 aromatic carbocycles. The first-order valence-corrected chi connectivity index (χ1v) is 8.48. The van der Waals surface area contributed by atoms with E-state index in [4.69, 9.17) is 4.74 Å². The van der Waals surface area contributed by atoms with Crippen LogP contribution in [-0.2, 0) is 17.5 Å². The van der Waals surface area contributed by atoms with Gasteiger partial charge in [-0.2, -0.15) is 18.3 Å². The molecular formula is C18H18F3N3O3. The molecule has 0 saturated heterocycles. The lowest BCUT2D eigenvalue weighted by Gasteiger charge is -2.11. The highest BCUT2D eigenvalue weighted by Crippen LogP contribution is 2.38. The Morgan fingerprint density at radius 1 is 1.26 bits per heavy atom. The molecule has 1 aliphatic rings. The van der Waals surface area contributed by atoms with Crippen LogP contribution in [0.4, 0.5) is 13.2 Å². The maximum absolute atomic E-state index is 12.6. The van der Waals surface area contributed by atoms with Gasteiger partial charge >= 0.3 is 6.18 Å². The van der Waals surface area contributed by atoms with Crippen LogP contribution < -0.4 is 15.6 Å². The summed E-state index contributed by atoms with van der Waals surface area (Å²) in [4.78, 5) is 23.7. The number of nitrogens with one attached hydrogen (secondary N) is 1. The van der Waals surface area contributed by atoms with Gasteiger partial charge in [0.05, 0.1) is 17.8 Å². The summed E-state index contributed by atoms with van der Waals surface area (Å²) < 4.78 is 44.2. The summed E-state index contributed by atoms with van der Waals surface area (Å²) in [5.41, 5.74) is -0.366. The molecule has 27 heavy (non-hydrogen) atoms. The van der Waals surface area contributed by atoms with Crippen molar-refractivity contribution in [3.63, 3.8) is 0 Å². The Kier molecular flexibility index (Phi) is 5.48. The van der Waals surface area contributed by atoms with Crippen molar-refractivity contribution in [2.45, 2.75) is 31.5 Å². The molecule has 3 rings (SSSR count). The Balaban J connectivity index is 1.46. The van der Waals surface area contributed by atoms with Crippen molar-refractivity contribution >= 4 is 5.91 Å². The number of rotatable bonds is 7. The summed E-state index contributed by atoms with van der Waals surface area (Å²) >= 11 is 0. The van der Waals surface area contributed by atoms with Crippen LogP contribution in [0.15, 0.2) is 41.2 Å². The molecule has 1 aliphatic carbocycles. The molecule has 0 aliphatic heterocycles. The highest BCUT2D eigenvalue weighted by Gasteiger charge is 2.30. The molecule has 0 spiro atoms. The molecule has 1 heterocycles. The van der Waals surface area contributed by atoms with Gasteiger partial charge in [0.15, 0.2) is 0 Å². The van der Waals surface area contributed by atoms with E-state index < -0.39 is 17.6 Å². The van der Waals surface area contributed by atoms with E-state index in [2.05, 4.69) is 10.4 Å². The monoisotopic (exact) mass is 381 g/mol. The number of hydrogen-bond acceptors (Lipinski definition) is 4. The van der Waals surface area contributed by atoms with Gasteiger partial charge in [-0.1, -0.05) is 6.07 Å². The van der Waals surface area contributed by atoms with Crippen molar-refractivity contribution in [3.05, 3.63) is 58.0 Å². The molecule has 1 N–H and O–H groups in total. The van der Waals surface area contributed by atoms with Crippen molar-refractivity contribution in [1.29, 1.82) is 0 Å². The van der Waals surface area contributed by atoms with E-state index in [1.165, 1.54) is 18.2 Å². The zero-order chi connectivity index (χ0) is 19.4. The average Bonchev–Trinajstić information content (AvgIpc) is 3.45. The Hall–Kier alpha value is -2.84. The highest BCUT2D eigenvalue weighted by molar-refractivity contribution is 5.75. The van der Waals surface area contributed by atoms with Crippen LogP contribution in [0.2, 0.25) is 0 Å². The van der Waals surface area contributed by atoms with E-state index in [1.54, 1.807) is 6.07 Å². The maximum atomic E-state index is 12.6. The van der Waals surface area contributed by atoms with Gasteiger partial charge in [-0.15, -0.1) is 0 Å². The largest absolute Gasteiger partial charge is 0.492 e. The zero-order valence-corrected chi connectivity index (χ0v) is 14.3. The van der Waals surface area contributed by atoms with Gasteiger partial charge in [-0.3, -0.25) is 9.59 Å². The third-order valence-corrected chi connectivity index (χ3v) is 4.03. The second-order valence-corrected chi connectivity index (χ2v) is 6.25. The van der Waals surface area contributed by atoms with E-state index in [0.717, 1.165) is 35.4 Å². The maximum Gasteiger partial charge on any atom is 0.416 e. The summed E-state index contributed by atoms with van der Waals surface area (Å²) in [6, 6.07) is 7.58. The van der Waals surface area contributed by atoms with Crippen LogP contribution in [0.25, 0.3) is 0 Å². The fourth-order valence-electron chi connectivity index (χ4n) is 2.49. The minimum absolute atomic E-state index is 0.00249. The van der Waals surface area contributed by atoms with Crippen molar-refractivity contribution in [2.24, 2.45) is 0 Å². The van der Waals surface area contributed by atoms with Gasteiger partial charge in [0.2, 0.25) is 5.91 Å². The third-order valence-electron chi connectivity index (χ3n) is 4.03. The minimum atomic E-state index is -4.44. The van der Waals surface area contributed by atoms with E-state index in [-0.39, 0.29) is 31.0 Å². The molecular weight excluding hydrogens is 363 g/mol. The summed E-state index contributed by atoms with van der Waals surface area (Å²) in [6.07, 6.45) is -2.38. The van der Waals surface area contributed by atoms with Gasteiger partial charge in [-0.25, -0.2) is 4.68 Å². The second kappa shape index (κ2) is 7.81. The van der Waals surface area contributed by atoms with Crippen LogP contribution in [0.5, 0.6) is 5.75 Å². The van der Waals surface area contributed by atoms with Gasteiger partial charge in [0.1, 0.15) is 18.9 Å². The van der Waals surface area contributed by atoms with E-state index >= 15 is 0 Å². The minimum Gasteiger partial charge on any atom is -0.492 e. The number of halogens is 3. The lowest BCUT2D eigenvalue weighted by molar-refractivity contribution is -0.137. The molecule has 0 atom stereocenters. The first kappa shape index (κ1) is 18.9. The molecule has 144 valence electrons. The van der Waals surface area contributed by atoms with E-state index in [1.807, 2.05) is 0 Å². The summed E-state index contributed by atoms with van der Waals surface area (Å²) in [6.45, 7) is -0.132. The predicted molar refractivity (Wildman–Crippen MR) is 90.4 cm³/mol. The highest BCUT2D eigenvalue weighted by atomic mass is 19.4. The fraction of sp³-hybridized carbons (Fsp3) is 0.389. The SMILES string of the molecule is O=C(Cn1nc(C2CC2)ccc1=O)NCCOc1cccc(C(F)(F)F)c1. The smallest absolute Gasteiger partial charge is 0.416 e. The molecule has 0 unspecified atom stereocenters. The lowest BCUT2D eigenvalue weighted by Crippen LogP contribution is -2.35. The van der Waals surface area contributed by atoms with Crippen molar-refractivity contribution in [3.8, 4) is 5.75 Å². The van der Waals surface area contributed by atoms with Crippen molar-refractivity contribution in [2.75, 3.05) is 13.2 Å². The van der Waals surface area contributed by atoms with E-state index in [9.17, 15) is 22.8 Å². The molecule has 9 heteroatoms. The Labute approximate surface area is 153 Å². The van der Waals surface area contributed by atoms with E-state index in [0.29, 0.717) is 5.92 Å². The molecule has 1 amide bonds. The molecule has 6 nitrogen and oxygen atoms in total. The quantitative estimate of drug-likeness (QED) is 0.748. The Bertz CT molecular complexity index is 876. The summed E-state index contributed by atoms with van der Waals surface area (Å²) in [7, 11) is 0. The van der Waals surface area contributed by atoms with Crippen LogP contribution >= 0.6 is 0 Å². The third kappa shape index (κ3) is 5.32. The number of carbonyl (C=O) groups is 1. The number of amides is 1. The standard InChI is InChI=1S/C18H18F3N3O3/c19-18(20,21)13-2-1-3-14(10-13)27-9-8-22-16(25)11-24-17(26)7-6-15(23-24)12-4-5-12/h1-3,6-7,10,12H,4-5,8-9,11H2,(H,22,25). The number of aromatic nitrogens is 2. The number of ether oxygens (including phenoxy) is 1. The van der Waals surface area contributed by atoms with Crippen LogP contribution in [0.3, 0.4) is 0 Å². The average molecular weight is 381 g/mol. The van der Waals surface area contributed by atoms with Gasteiger partial charge in [0.25, 0.3) is 5.56 Å². The fourth-order valence-corrected chi connectivity index (χ4v) is 2.49. The molecule has 1 aromatic heterocycles. The van der Waals surface area contributed by atoms with Gasteiger partial charge in [0, 0.05) is 12.0 Å². The van der Waals surface area contributed by atoms with Crippen molar-refractivity contribution in [1.82, 2.24) is 15.1 Å². The number of alkyl halides is 3. The Morgan fingerprint density at radius 2 is 2.04 bits per heavy atom. The molecule has 2 aromatic rings.